The highest BCUT2D eigenvalue weighted by molar-refractivity contribution is 9.10. The third-order valence-corrected chi connectivity index (χ3v) is 3.84. The molecule has 1 aromatic carbocycles. The molecule has 2 aromatic rings. The molecule has 1 heterocycles. The summed E-state index contributed by atoms with van der Waals surface area (Å²) in [5, 5.41) is 3.83. The van der Waals surface area contributed by atoms with E-state index in [-0.39, 0.29) is 24.7 Å². The molecule has 21 heavy (non-hydrogen) atoms. The van der Waals surface area contributed by atoms with Gasteiger partial charge in [-0.15, -0.1) is 0 Å². The van der Waals surface area contributed by atoms with E-state index in [9.17, 15) is 9.18 Å². The molecule has 0 aliphatic carbocycles. The fraction of sp³-hybridized carbons (Fsp3) is 0.333. The van der Waals surface area contributed by atoms with Crippen LogP contribution >= 0.6 is 15.9 Å². The molecular formula is C15H16BrFN2O2. The van der Waals surface area contributed by atoms with E-state index in [1.165, 1.54) is 11.0 Å². The van der Waals surface area contributed by atoms with Crippen LogP contribution in [0.5, 0.6) is 0 Å². The number of benzene rings is 1. The van der Waals surface area contributed by atoms with Gasteiger partial charge < -0.3 is 9.42 Å². The molecule has 0 aliphatic heterocycles. The van der Waals surface area contributed by atoms with Gasteiger partial charge in [-0.3, -0.25) is 4.79 Å². The van der Waals surface area contributed by atoms with Crippen molar-refractivity contribution in [3.05, 3.63) is 51.1 Å². The van der Waals surface area contributed by atoms with Gasteiger partial charge in [-0.2, -0.15) is 0 Å². The number of aryl methyl sites for hydroxylation is 2. The molecule has 112 valence electrons. The average Bonchev–Trinajstić information content (AvgIpc) is 2.74. The van der Waals surface area contributed by atoms with E-state index >= 15 is 0 Å². The topological polar surface area (TPSA) is 46.3 Å². The van der Waals surface area contributed by atoms with Crippen LogP contribution in [0, 0.1) is 19.7 Å². The molecule has 0 fully saturated rings. The molecule has 2 rings (SSSR count). The van der Waals surface area contributed by atoms with Gasteiger partial charge in [0.1, 0.15) is 11.6 Å². The van der Waals surface area contributed by atoms with Crippen molar-refractivity contribution in [3.63, 3.8) is 0 Å². The molecule has 0 saturated heterocycles. The molecule has 0 spiro atoms. The number of hydrogen-bond donors (Lipinski definition) is 0. The van der Waals surface area contributed by atoms with Gasteiger partial charge in [0, 0.05) is 29.2 Å². The minimum absolute atomic E-state index is 0.108. The van der Waals surface area contributed by atoms with Crippen LogP contribution in [0.4, 0.5) is 4.39 Å². The lowest BCUT2D eigenvalue weighted by Gasteiger charge is -2.18. The molecule has 0 bridgehead atoms. The lowest BCUT2D eigenvalue weighted by Crippen LogP contribution is -2.28. The second-order valence-corrected chi connectivity index (χ2v) is 5.88. The van der Waals surface area contributed by atoms with E-state index in [2.05, 4.69) is 21.1 Å². The number of rotatable bonds is 4. The molecule has 0 saturated carbocycles. The monoisotopic (exact) mass is 354 g/mol. The normalized spacial score (nSPS) is 10.7. The summed E-state index contributed by atoms with van der Waals surface area (Å²) in [6, 6.07) is 4.69. The Bertz CT molecular complexity index is 650. The predicted octanol–water partition coefficient (Wildman–Crippen LogP) is 3.39. The first-order chi connectivity index (χ1) is 9.88. The lowest BCUT2D eigenvalue weighted by molar-refractivity contribution is -0.129. The molecule has 0 atom stereocenters. The Morgan fingerprint density at radius 3 is 2.76 bits per heavy atom. The Hall–Kier alpha value is -1.69. The highest BCUT2D eigenvalue weighted by Gasteiger charge is 2.17. The summed E-state index contributed by atoms with van der Waals surface area (Å²) in [5.41, 5.74) is 1.98. The second kappa shape index (κ2) is 6.39. The zero-order chi connectivity index (χ0) is 15.6. The van der Waals surface area contributed by atoms with E-state index in [1.807, 2.05) is 0 Å². The summed E-state index contributed by atoms with van der Waals surface area (Å²) < 4.78 is 19.5. The lowest BCUT2D eigenvalue weighted by atomic mass is 10.1. The third kappa shape index (κ3) is 3.69. The quantitative estimate of drug-likeness (QED) is 0.845. The first-order valence-electron chi connectivity index (χ1n) is 6.48. The SMILES string of the molecule is Cc1noc(C)c1CC(=O)N(C)Cc1cc(Br)ccc1F. The summed E-state index contributed by atoms with van der Waals surface area (Å²) in [5.74, 6) is 0.210. The predicted molar refractivity (Wildman–Crippen MR) is 80.3 cm³/mol. The van der Waals surface area contributed by atoms with Crippen molar-refractivity contribution in [2.75, 3.05) is 7.05 Å². The fourth-order valence-corrected chi connectivity index (χ4v) is 2.46. The van der Waals surface area contributed by atoms with Crippen LogP contribution in [0.3, 0.4) is 0 Å². The zero-order valence-corrected chi connectivity index (χ0v) is 13.7. The van der Waals surface area contributed by atoms with Crippen molar-refractivity contribution in [2.24, 2.45) is 0 Å². The number of carbonyl (C=O) groups is 1. The number of carbonyl (C=O) groups excluding carboxylic acids is 1. The fourth-order valence-electron chi connectivity index (χ4n) is 2.05. The molecule has 4 nitrogen and oxygen atoms in total. The van der Waals surface area contributed by atoms with Gasteiger partial charge in [0.05, 0.1) is 12.1 Å². The van der Waals surface area contributed by atoms with Crippen LogP contribution < -0.4 is 0 Å². The van der Waals surface area contributed by atoms with Crippen molar-refractivity contribution in [1.29, 1.82) is 0 Å². The van der Waals surface area contributed by atoms with Crippen molar-refractivity contribution in [2.45, 2.75) is 26.8 Å². The Labute approximate surface area is 131 Å². The van der Waals surface area contributed by atoms with Gasteiger partial charge in [-0.1, -0.05) is 21.1 Å². The molecular weight excluding hydrogens is 339 g/mol. The number of amides is 1. The maximum Gasteiger partial charge on any atom is 0.227 e. The Balaban J connectivity index is 2.08. The van der Waals surface area contributed by atoms with Crippen molar-refractivity contribution >= 4 is 21.8 Å². The molecule has 0 aliphatic rings. The first-order valence-corrected chi connectivity index (χ1v) is 7.27. The second-order valence-electron chi connectivity index (χ2n) is 4.97. The first kappa shape index (κ1) is 15.7. The Morgan fingerprint density at radius 1 is 1.43 bits per heavy atom. The van der Waals surface area contributed by atoms with Crippen LogP contribution in [0.15, 0.2) is 27.2 Å². The smallest absolute Gasteiger partial charge is 0.227 e. The molecule has 0 unspecified atom stereocenters. The third-order valence-electron chi connectivity index (χ3n) is 3.35. The van der Waals surface area contributed by atoms with Crippen LogP contribution in [-0.4, -0.2) is 23.0 Å². The number of aromatic nitrogens is 1. The summed E-state index contributed by atoms with van der Waals surface area (Å²) in [6.45, 7) is 3.79. The number of halogens is 2. The van der Waals surface area contributed by atoms with Gasteiger partial charge in [0.2, 0.25) is 5.91 Å². The van der Waals surface area contributed by atoms with Crippen molar-refractivity contribution in [3.8, 4) is 0 Å². The van der Waals surface area contributed by atoms with Gasteiger partial charge in [-0.25, -0.2) is 4.39 Å². The number of likely N-dealkylation sites (N-methyl/N-ethyl adjacent to an activating group) is 1. The molecule has 0 radical (unpaired) electrons. The zero-order valence-electron chi connectivity index (χ0n) is 12.1. The van der Waals surface area contributed by atoms with Crippen LogP contribution in [0.25, 0.3) is 0 Å². The summed E-state index contributed by atoms with van der Waals surface area (Å²) >= 11 is 3.30. The highest BCUT2D eigenvalue weighted by Crippen LogP contribution is 2.18. The van der Waals surface area contributed by atoms with Gasteiger partial charge in [0.15, 0.2) is 0 Å². The van der Waals surface area contributed by atoms with Gasteiger partial charge >= 0.3 is 0 Å². The highest BCUT2D eigenvalue weighted by atomic mass is 79.9. The maximum atomic E-state index is 13.7. The van der Waals surface area contributed by atoms with Crippen molar-refractivity contribution in [1.82, 2.24) is 10.1 Å². The van der Waals surface area contributed by atoms with Gasteiger partial charge in [-0.05, 0) is 32.0 Å². The minimum Gasteiger partial charge on any atom is -0.361 e. The molecule has 1 aromatic heterocycles. The summed E-state index contributed by atoms with van der Waals surface area (Å²) in [7, 11) is 1.65. The summed E-state index contributed by atoms with van der Waals surface area (Å²) in [6.07, 6.45) is 0.202. The molecule has 1 amide bonds. The van der Waals surface area contributed by atoms with Crippen molar-refractivity contribution < 1.29 is 13.7 Å². The molecule has 0 N–H and O–H groups in total. The van der Waals surface area contributed by atoms with E-state index < -0.39 is 0 Å². The average molecular weight is 355 g/mol. The number of hydrogen-bond acceptors (Lipinski definition) is 3. The molecule has 6 heteroatoms. The maximum absolute atomic E-state index is 13.7. The standard InChI is InChI=1S/C15H16BrFN2O2/c1-9-13(10(2)21-18-9)7-15(20)19(3)8-11-6-12(16)4-5-14(11)17/h4-6H,7-8H2,1-3H3. The van der Waals surface area contributed by atoms with E-state index in [0.29, 0.717) is 17.0 Å². The van der Waals surface area contributed by atoms with Crippen LogP contribution in [0.2, 0.25) is 0 Å². The summed E-state index contributed by atoms with van der Waals surface area (Å²) in [4.78, 5) is 13.7. The van der Waals surface area contributed by atoms with E-state index in [0.717, 1.165) is 10.0 Å². The Morgan fingerprint density at radius 2 is 2.14 bits per heavy atom. The van der Waals surface area contributed by atoms with Crippen LogP contribution in [-0.2, 0) is 17.8 Å². The Kier molecular flexibility index (Phi) is 4.77. The largest absolute Gasteiger partial charge is 0.361 e. The van der Waals surface area contributed by atoms with Crippen LogP contribution in [0.1, 0.15) is 22.6 Å². The van der Waals surface area contributed by atoms with Gasteiger partial charge in [0.25, 0.3) is 0 Å². The number of nitrogens with zero attached hydrogens (tertiary/aromatic N) is 2. The van der Waals surface area contributed by atoms with E-state index in [1.54, 1.807) is 33.0 Å². The van der Waals surface area contributed by atoms with E-state index in [4.69, 9.17) is 4.52 Å². The minimum atomic E-state index is -0.324.